The van der Waals surface area contributed by atoms with Crippen molar-refractivity contribution in [3.05, 3.63) is 23.8 Å². The molecule has 6 heteroatoms. The number of benzene rings is 1. The fraction of sp³-hybridized carbons (Fsp3) is 0.579. The minimum Gasteiger partial charge on any atom is -0.482 e. The Morgan fingerprint density at radius 3 is 2.60 bits per heavy atom. The molecule has 2 N–H and O–H groups in total. The molecule has 2 rings (SSSR count). The SMILES string of the molecule is CCOCCC1(C(=O)Nc2ccc(OCC(=O)O)cc2C)CCCC1. The Bertz CT molecular complexity index is 608. The Morgan fingerprint density at radius 1 is 1.28 bits per heavy atom. The van der Waals surface area contributed by atoms with Gasteiger partial charge in [0, 0.05) is 18.9 Å². The van der Waals surface area contributed by atoms with E-state index >= 15 is 0 Å². The summed E-state index contributed by atoms with van der Waals surface area (Å²) in [5.74, 6) is -0.496. The van der Waals surface area contributed by atoms with Crippen LogP contribution < -0.4 is 10.1 Å². The van der Waals surface area contributed by atoms with Crippen molar-refractivity contribution >= 4 is 17.6 Å². The number of amides is 1. The molecule has 0 spiro atoms. The quantitative estimate of drug-likeness (QED) is 0.668. The molecule has 1 aliphatic rings. The van der Waals surface area contributed by atoms with Gasteiger partial charge in [0.05, 0.1) is 5.41 Å². The molecule has 1 amide bonds. The largest absolute Gasteiger partial charge is 0.482 e. The minimum absolute atomic E-state index is 0.0482. The van der Waals surface area contributed by atoms with Gasteiger partial charge in [-0.2, -0.15) is 0 Å². The van der Waals surface area contributed by atoms with E-state index in [0.29, 0.717) is 19.0 Å². The van der Waals surface area contributed by atoms with Crippen LogP contribution in [0.3, 0.4) is 0 Å². The highest BCUT2D eigenvalue weighted by atomic mass is 16.5. The third-order valence-electron chi connectivity index (χ3n) is 4.78. The molecule has 25 heavy (non-hydrogen) atoms. The van der Waals surface area contributed by atoms with Crippen LogP contribution >= 0.6 is 0 Å². The summed E-state index contributed by atoms with van der Waals surface area (Å²) in [6, 6.07) is 5.17. The fourth-order valence-electron chi connectivity index (χ4n) is 3.32. The number of carbonyl (C=O) groups is 2. The van der Waals surface area contributed by atoms with Gasteiger partial charge in [-0.05, 0) is 56.9 Å². The predicted octanol–water partition coefficient (Wildman–Crippen LogP) is 3.38. The summed E-state index contributed by atoms with van der Waals surface area (Å²) < 4.78 is 10.6. The van der Waals surface area contributed by atoms with Gasteiger partial charge in [0.2, 0.25) is 5.91 Å². The number of hydrogen-bond donors (Lipinski definition) is 2. The summed E-state index contributed by atoms with van der Waals surface area (Å²) in [5, 5.41) is 11.7. The standard InChI is InChI=1S/C19H27NO5/c1-3-24-11-10-19(8-4-5-9-19)18(23)20-16-7-6-15(12-14(16)2)25-13-17(21)22/h6-7,12H,3-5,8-11,13H2,1-2H3,(H,20,23)(H,21,22). The van der Waals surface area contributed by atoms with E-state index in [-0.39, 0.29) is 17.9 Å². The lowest BCUT2D eigenvalue weighted by molar-refractivity contribution is -0.139. The van der Waals surface area contributed by atoms with E-state index in [4.69, 9.17) is 14.6 Å². The van der Waals surface area contributed by atoms with E-state index in [0.717, 1.165) is 43.4 Å². The van der Waals surface area contributed by atoms with E-state index < -0.39 is 5.97 Å². The first-order valence-corrected chi connectivity index (χ1v) is 8.81. The van der Waals surface area contributed by atoms with Gasteiger partial charge in [-0.15, -0.1) is 0 Å². The van der Waals surface area contributed by atoms with Gasteiger partial charge in [-0.25, -0.2) is 4.79 Å². The number of carbonyl (C=O) groups excluding carboxylic acids is 1. The van der Waals surface area contributed by atoms with Crippen LogP contribution in [-0.4, -0.2) is 36.8 Å². The van der Waals surface area contributed by atoms with Crippen molar-refractivity contribution < 1.29 is 24.2 Å². The third kappa shape index (κ3) is 5.19. The molecular weight excluding hydrogens is 322 g/mol. The zero-order valence-corrected chi connectivity index (χ0v) is 15.0. The van der Waals surface area contributed by atoms with Crippen molar-refractivity contribution in [2.45, 2.75) is 46.0 Å². The van der Waals surface area contributed by atoms with Gasteiger partial charge < -0.3 is 19.9 Å². The molecule has 138 valence electrons. The Kier molecular flexibility index (Phi) is 6.82. The lowest BCUT2D eigenvalue weighted by atomic mass is 9.82. The molecule has 1 aliphatic carbocycles. The highest BCUT2D eigenvalue weighted by Gasteiger charge is 2.40. The number of nitrogens with one attached hydrogen (secondary N) is 1. The average Bonchev–Trinajstić information content (AvgIpc) is 3.05. The van der Waals surface area contributed by atoms with Crippen LogP contribution in [0, 0.1) is 12.3 Å². The van der Waals surface area contributed by atoms with Gasteiger partial charge in [0.1, 0.15) is 5.75 Å². The van der Waals surface area contributed by atoms with E-state index in [1.54, 1.807) is 18.2 Å². The molecule has 1 fully saturated rings. The summed E-state index contributed by atoms with van der Waals surface area (Å²) in [4.78, 5) is 23.5. The van der Waals surface area contributed by atoms with Crippen LogP contribution in [0.25, 0.3) is 0 Å². The van der Waals surface area contributed by atoms with Crippen LogP contribution in [0.2, 0.25) is 0 Å². The number of aryl methyl sites for hydroxylation is 1. The molecule has 0 saturated heterocycles. The van der Waals surface area contributed by atoms with Gasteiger partial charge in [-0.1, -0.05) is 12.8 Å². The summed E-state index contributed by atoms with van der Waals surface area (Å²) in [7, 11) is 0. The van der Waals surface area contributed by atoms with Crippen molar-refractivity contribution in [3.8, 4) is 5.75 Å². The van der Waals surface area contributed by atoms with Gasteiger partial charge in [-0.3, -0.25) is 4.79 Å². The minimum atomic E-state index is -1.02. The molecule has 0 bridgehead atoms. The normalized spacial score (nSPS) is 15.8. The fourth-order valence-corrected chi connectivity index (χ4v) is 3.32. The highest BCUT2D eigenvalue weighted by molar-refractivity contribution is 5.96. The number of ether oxygens (including phenoxy) is 2. The van der Waals surface area contributed by atoms with Gasteiger partial charge >= 0.3 is 5.97 Å². The summed E-state index contributed by atoms with van der Waals surface area (Å²) >= 11 is 0. The number of hydrogen-bond acceptors (Lipinski definition) is 4. The lowest BCUT2D eigenvalue weighted by Crippen LogP contribution is -2.35. The summed E-state index contributed by atoms with van der Waals surface area (Å²) in [5.41, 5.74) is 1.23. The Balaban J connectivity index is 2.03. The highest BCUT2D eigenvalue weighted by Crippen LogP contribution is 2.42. The molecule has 0 atom stereocenters. The maximum atomic E-state index is 12.9. The Morgan fingerprint density at radius 2 is 2.00 bits per heavy atom. The van der Waals surface area contributed by atoms with E-state index in [1.165, 1.54) is 0 Å². The predicted molar refractivity (Wildman–Crippen MR) is 95.0 cm³/mol. The third-order valence-corrected chi connectivity index (χ3v) is 4.78. The first kappa shape index (κ1) is 19.2. The monoisotopic (exact) mass is 349 g/mol. The number of carboxylic acids is 1. The van der Waals surface area contributed by atoms with Crippen LogP contribution in [-0.2, 0) is 14.3 Å². The Hall–Kier alpha value is -2.08. The smallest absolute Gasteiger partial charge is 0.341 e. The Labute approximate surface area is 148 Å². The first-order chi connectivity index (χ1) is 12.0. The average molecular weight is 349 g/mol. The second-order valence-corrected chi connectivity index (χ2v) is 6.55. The summed E-state index contributed by atoms with van der Waals surface area (Å²) in [6.07, 6.45) is 4.67. The number of aliphatic carboxylic acids is 1. The molecule has 0 aromatic heterocycles. The molecular formula is C19H27NO5. The molecule has 0 aliphatic heterocycles. The van der Waals surface area contributed by atoms with Crippen molar-refractivity contribution in [1.82, 2.24) is 0 Å². The zero-order chi connectivity index (χ0) is 18.3. The van der Waals surface area contributed by atoms with E-state index in [9.17, 15) is 9.59 Å². The topological polar surface area (TPSA) is 84.9 Å². The van der Waals surface area contributed by atoms with Crippen molar-refractivity contribution in [2.24, 2.45) is 5.41 Å². The maximum absolute atomic E-state index is 12.9. The van der Waals surface area contributed by atoms with E-state index in [1.807, 2.05) is 13.8 Å². The van der Waals surface area contributed by atoms with Crippen LogP contribution in [0.4, 0.5) is 5.69 Å². The maximum Gasteiger partial charge on any atom is 0.341 e. The van der Waals surface area contributed by atoms with Gasteiger partial charge in [0.15, 0.2) is 6.61 Å². The molecule has 0 unspecified atom stereocenters. The van der Waals surface area contributed by atoms with E-state index in [2.05, 4.69) is 5.32 Å². The van der Waals surface area contributed by atoms with Crippen molar-refractivity contribution in [3.63, 3.8) is 0 Å². The number of carboxylic acid groups (broad SMARTS) is 1. The molecule has 1 saturated carbocycles. The molecule has 1 aromatic rings. The molecule has 0 heterocycles. The summed E-state index contributed by atoms with van der Waals surface area (Å²) in [6.45, 7) is 4.70. The van der Waals surface area contributed by atoms with Crippen LogP contribution in [0.15, 0.2) is 18.2 Å². The van der Waals surface area contributed by atoms with Crippen molar-refractivity contribution in [2.75, 3.05) is 25.1 Å². The van der Waals surface area contributed by atoms with Crippen LogP contribution in [0.1, 0.15) is 44.6 Å². The lowest BCUT2D eigenvalue weighted by Gasteiger charge is -2.28. The van der Waals surface area contributed by atoms with Crippen molar-refractivity contribution in [1.29, 1.82) is 0 Å². The van der Waals surface area contributed by atoms with Crippen LogP contribution in [0.5, 0.6) is 5.75 Å². The zero-order valence-electron chi connectivity index (χ0n) is 15.0. The second-order valence-electron chi connectivity index (χ2n) is 6.55. The first-order valence-electron chi connectivity index (χ1n) is 8.81. The molecule has 1 aromatic carbocycles. The molecule has 6 nitrogen and oxygen atoms in total. The molecule has 0 radical (unpaired) electrons. The second kappa shape index (κ2) is 8.85. The van der Waals surface area contributed by atoms with Gasteiger partial charge in [0.25, 0.3) is 0 Å². The number of anilines is 1. The number of rotatable bonds is 9.